The highest BCUT2D eigenvalue weighted by Crippen LogP contribution is 2.61. The molecule has 5 saturated carbocycles. The summed E-state index contributed by atoms with van der Waals surface area (Å²) >= 11 is 0. The van der Waals surface area contributed by atoms with Crippen LogP contribution in [0.5, 0.6) is 23.0 Å². The lowest BCUT2D eigenvalue weighted by Crippen LogP contribution is -2.53. The standard InChI is InChI=1S/C48H66N2O8/c1-25-19-49(21-29-7-8-29)23-35-27(3)39(17-33(25)35)57-47(53)45-43(31-11-13-37(51)41(15-31)55-5)46(44(45)32-12-14-38(52)42(16-32)56-6)48(54)58-40-18-34-26(2)20-50(22-30-9-10-30)24-36(34)28(40)4/h11-16,25-30,33-36,39-40,43-46,51-52H,7-10,17-24H2,1-6H3/t25-,26-,27-,28-,33-,34-,35-,36-,39+,40+,43?,44?,45?,46?/m0/s1. The summed E-state index contributed by atoms with van der Waals surface area (Å²) < 4.78 is 24.5. The van der Waals surface area contributed by atoms with E-state index < -0.39 is 23.7 Å². The van der Waals surface area contributed by atoms with Crippen LogP contribution in [0, 0.1) is 71.0 Å². The summed E-state index contributed by atoms with van der Waals surface area (Å²) in [5, 5.41) is 21.3. The molecule has 0 bridgehead atoms. The van der Waals surface area contributed by atoms with E-state index in [9.17, 15) is 19.8 Å². The average molecular weight is 799 g/mol. The molecule has 2 saturated heterocycles. The van der Waals surface area contributed by atoms with Gasteiger partial charge in [-0.2, -0.15) is 0 Å². The minimum atomic E-state index is -0.723. The van der Waals surface area contributed by atoms with Crippen LogP contribution in [0.25, 0.3) is 0 Å². The van der Waals surface area contributed by atoms with Gasteiger partial charge in [0.25, 0.3) is 0 Å². The zero-order chi connectivity index (χ0) is 40.6. The molecule has 10 atom stereocenters. The highest BCUT2D eigenvalue weighted by atomic mass is 16.6. The number of hydrogen-bond donors (Lipinski definition) is 2. The molecular weight excluding hydrogens is 733 g/mol. The Morgan fingerprint density at radius 2 is 1.00 bits per heavy atom. The van der Waals surface area contributed by atoms with E-state index in [1.165, 1.54) is 53.0 Å². The molecule has 2 aliphatic heterocycles. The zero-order valence-corrected chi connectivity index (χ0v) is 35.4. The van der Waals surface area contributed by atoms with E-state index in [1.54, 1.807) is 36.4 Å². The number of esters is 2. The predicted molar refractivity (Wildman–Crippen MR) is 220 cm³/mol. The molecule has 316 valence electrons. The number of benzene rings is 2. The van der Waals surface area contributed by atoms with Crippen LogP contribution in [0.2, 0.25) is 0 Å². The number of ether oxygens (including phenoxy) is 4. The molecule has 0 aromatic heterocycles. The summed E-state index contributed by atoms with van der Waals surface area (Å²) in [7, 11) is 3.01. The van der Waals surface area contributed by atoms with Gasteiger partial charge in [0, 0.05) is 51.1 Å². The van der Waals surface area contributed by atoms with Crippen molar-refractivity contribution in [1.29, 1.82) is 0 Å². The fourth-order valence-corrected chi connectivity index (χ4v) is 12.8. The van der Waals surface area contributed by atoms with Gasteiger partial charge in [-0.05, 0) is 133 Å². The summed E-state index contributed by atoms with van der Waals surface area (Å²) in [6, 6.07) is 10.2. The van der Waals surface area contributed by atoms with E-state index in [0.717, 1.165) is 62.0 Å². The Hall–Kier alpha value is -3.50. The molecule has 2 aromatic rings. The molecule has 9 rings (SSSR count). The number of piperidine rings is 2. The Bertz CT molecular complexity index is 1710. The van der Waals surface area contributed by atoms with Gasteiger partial charge < -0.3 is 39.0 Å². The van der Waals surface area contributed by atoms with Crippen LogP contribution in [0.15, 0.2) is 36.4 Å². The lowest BCUT2D eigenvalue weighted by atomic mass is 9.52. The molecule has 58 heavy (non-hydrogen) atoms. The lowest BCUT2D eigenvalue weighted by molar-refractivity contribution is -0.175. The number of rotatable bonds is 12. The number of carbonyl (C=O) groups excluding carboxylic acids is 2. The van der Waals surface area contributed by atoms with Crippen LogP contribution in [-0.2, 0) is 19.1 Å². The molecule has 7 aliphatic rings. The molecular formula is C48H66N2O8. The summed E-state index contributed by atoms with van der Waals surface area (Å²) in [6.45, 7) is 15.9. The van der Waals surface area contributed by atoms with Crippen LogP contribution in [-0.4, -0.2) is 97.6 Å². The maximum Gasteiger partial charge on any atom is 0.310 e. The average Bonchev–Trinajstić information content (AvgIpc) is 4.12. The number of phenolic OH excluding ortho intramolecular Hbond substituents is 2. The Kier molecular flexibility index (Phi) is 10.9. The number of fused-ring (bicyclic) bond motifs is 2. The zero-order valence-electron chi connectivity index (χ0n) is 35.4. The van der Waals surface area contributed by atoms with Gasteiger partial charge in [-0.3, -0.25) is 9.59 Å². The van der Waals surface area contributed by atoms with Crippen LogP contribution >= 0.6 is 0 Å². The highest BCUT2D eigenvalue weighted by molar-refractivity contribution is 5.86. The number of nitrogens with zero attached hydrogens (tertiary/aromatic N) is 2. The predicted octanol–water partition coefficient (Wildman–Crippen LogP) is 7.32. The van der Waals surface area contributed by atoms with Gasteiger partial charge in [0.2, 0.25) is 0 Å². The minimum Gasteiger partial charge on any atom is -0.504 e. The van der Waals surface area contributed by atoms with Gasteiger partial charge in [-0.15, -0.1) is 0 Å². The number of likely N-dealkylation sites (tertiary alicyclic amines) is 2. The topological polar surface area (TPSA) is 118 Å². The maximum atomic E-state index is 15.0. The Balaban J connectivity index is 1.01. The van der Waals surface area contributed by atoms with Gasteiger partial charge in [-0.25, -0.2) is 0 Å². The van der Waals surface area contributed by atoms with Crippen molar-refractivity contribution in [2.24, 2.45) is 71.0 Å². The molecule has 5 aliphatic carbocycles. The SMILES string of the molecule is COc1cc(C2C(C(=O)O[C@@H]3C[C@@H]4[C@@H](CN(CC5CC5)C[C@@H]4C)[C@@H]3C)C(c3ccc(O)c(OC)c3)C2C(=O)O[C@@H]2C[C@@H]3[C@@H](CN(CC4CC4)C[C@@H]3C)[C@@H]2C)ccc1O. The Morgan fingerprint density at radius 3 is 1.36 bits per heavy atom. The summed E-state index contributed by atoms with van der Waals surface area (Å²) in [5.74, 6) is 2.41. The minimum absolute atomic E-state index is 0.0110. The molecule has 2 aromatic carbocycles. The monoisotopic (exact) mass is 798 g/mol. The van der Waals surface area contributed by atoms with Crippen molar-refractivity contribution >= 4 is 11.9 Å². The second-order valence-corrected chi connectivity index (χ2v) is 20.0. The summed E-state index contributed by atoms with van der Waals surface area (Å²) in [4.78, 5) is 35.3. The Morgan fingerprint density at radius 1 is 0.603 bits per heavy atom. The first-order chi connectivity index (χ1) is 27.9. The maximum absolute atomic E-state index is 15.0. The van der Waals surface area contributed by atoms with Crippen LogP contribution in [0.4, 0.5) is 0 Å². The molecule has 2 heterocycles. The number of phenols is 2. The summed E-state index contributed by atoms with van der Waals surface area (Å²) in [5.41, 5.74) is 1.44. The van der Waals surface area contributed by atoms with E-state index in [0.29, 0.717) is 35.5 Å². The van der Waals surface area contributed by atoms with Crippen molar-refractivity contribution in [2.75, 3.05) is 53.5 Å². The van der Waals surface area contributed by atoms with Crippen LogP contribution in [0.1, 0.15) is 89.2 Å². The third-order valence-electron chi connectivity index (χ3n) is 16.4. The molecule has 2 N–H and O–H groups in total. The van der Waals surface area contributed by atoms with E-state index >= 15 is 0 Å². The number of carbonyl (C=O) groups is 2. The molecule has 10 nitrogen and oxygen atoms in total. The van der Waals surface area contributed by atoms with Crippen molar-refractivity contribution in [1.82, 2.24) is 9.80 Å². The fraction of sp³-hybridized carbons (Fsp3) is 0.708. The first kappa shape index (κ1) is 39.9. The van der Waals surface area contributed by atoms with Crippen LogP contribution in [0.3, 0.4) is 0 Å². The molecule has 10 heteroatoms. The van der Waals surface area contributed by atoms with Gasteiger partial charge in [0.15, 0.2) is 23.0 Å². The van der Waals surface area contributed by atoms with Crippen molar-refractivity contribution in [2.45, 2.75) is 90.3 Å². The third kappa shape index (κ3) is 7.47. The largest absolute Gasteiger partial charge is 0.504 e. The van der Waals surface area contributed by atoms with Gasteiger partial charge in [-0.1, -0.05) is 39.8 Å². The number of methoxy groups -OCH3 is 2. The van der Waals surface area contributed by atoms with Gasteiger partial charge >= 0.3 is 11.9 Å². The Labute approximate surface area is 344 Å². The first-order valence-corrected chi connectivity index (χ1v) is 22.5. The number of hydrogen-bond acceptors (Lipinski definition) is 10. The summed E-state index contributed by atoms with van der Waals surface area (Å²) in [6.07, 6.45) is 6.62. The molecule has 0 unspecified atom stereocenters. The van der Waals surface area contributed by atoms with Gasteiger partial charge in [0.1, 0.15) is 12.2 Å². The second-order valence-electron chi connectivity index (χ2n) is 20.0. The van der Waals surface area contributed by atoms with Crippen molar-refractivity contribution < 1.29 is 38.7 Å². The van der Waals surface area contributed by atoms with E-state index in [4.69, 9.17) is 18.9 Å². The van der Waals surface area contributed by atoms with Crippen LogP contribution < -0.4 is 9.47 Å². The normalized spacial score (nSPS) is 38.7. The number of aromatic hydroxyl groups is 2. The highest BCUT2D eigenvalue weighted by Gasteiger charge is 2.62. The smallest absolute Gasteiger partial charge is 0.310 e. The van der Waals surface area contributed by atoms with E-state index in [1.807, 2.05) is 0 Å². The molecule has 0 radical (unpaired) electrons. The van der Waals surface area contributed by atoms with E-state index in [2.05, 4.69) is 37.5 Å². The molecule has 7 fully saturated rings. The molecule has 0 spiro atoms. The third-order valence-corrected chi connectivity index (χ3v) is 16.4. The van der Waals surface area contributed by atoms with Gasteiger partial charge in [0.05, 0.1) is 26.1 Å². The van der Waals surface area contributed by atoms with Crippen molar-refractivity contribution in [3.63, 3.8) is 0 Å². The lowest BCUT2D eigenvalue weighted by Gasteiger charge is -2.50. The fourth-order valence-electron chi connectivity index (χ4n) is 12.8. The van der Waals surface area contributed by atoms with Crippen molar-refractivity contribution in [3.05, 3.63) is 47.5 Å². The quantitative estimate of drug-likeness (QED) is 0.212. The molecule has 0 amide bonds. The first-order valence-electron chi connectivity index (χ1n) is 22.5. The second kappa shape index (κ2) is 15.8. The van der Waals surface area contributed by atoms with Crippen molar-refractivity contribution in [3.8, 4) is 23.0 Å². The van der Waals surface area contributed by atoms with E-state index in [-0.39, 0.29) is 59.0 Å².